The summed E-state index contributed by atoms with van der Waals surface area (Å²) in [7, 11) is 1.26. The van der Waals surface area contributed by atoms with Gasteiger partial charge < -0.3 is 38.6 Å². The van der Waals surface area contributed by atoms with Gasteiger partial charge in [-0.1, -0.05) is 60.7 Å². The number of esters is 1. The normalized spacial score (nSPS) is 13.1. The topological polar surface area (TPSA) is 141 Å². The molecule has 20 heteroatoms. The SMILES string of the molecule is COC(=O)CCC(=O)N1CCOc2cc(OCc3cc(-c4ccccc4)c(C(F)(F)F)s3)ccc21.O=C(O)CCC(=O)N1CCOc2cc(OCc3cc(-c4ccccc4)c(C(F)(F)F)s3)ccc21. The molecular weight excluding hydrogens is 955 g/mol. The van der Waals surface area contributed by atoms with Crippen molar-refractivity contribution in [3.05, 3.63) is 129 Å². The van der Waals surface area contributed by atoms with Crippen LogP contribution in [0.3, 0.4) is 0 Å². The van der Waals surface area contributed by atoms with Crippen LogP contribution in [0.25, 0.3) is 22.3 Å². The molecule has 1 N–H and O–H groups in total. The first-order valence-electron chi connectivity index (χ1n) is 21.2. The number of amides is 2. The fraction of sp³-hybridized carbons (Fsp3) is 0.265. The van der Waals surface area contributed by atoms with Gasteiger partial charge in [0.2, 0.25) is 11.8 Å². The van der Waals surface area contributed by atoms with E-state index in [-0.39, 0.29) is 75.1 Å². The molecule has 0 bridgehead atoms. The Bertz CT molecular complexity index is 2780. The lowest BCUT2D eigenvalue weighted by Crippen LogP contribution is -2.38. The zero-order valence-electron chi connectivity index (χ0n) is 36.6. The molecule has 0 fully saturated rings. The fourth-order valence-corrected chi connectivity index (χ4v) is 9.23. The highest BCUT2D eigenvalue weighted by molar-refractivity contribution is 7.13. The quantitative estimate of drug-likeness (QED) is 0.0828. The Balaban J connectivity index is 0.000000204. The maximum Gasteiger partial charge on any atom is 0.426 e. The van der Waals surface area contributed by atoms with Crippen LogP contribution in [-0.2, 0) is 49.5 Å². The van der Waals surface area contributed by atoms with Crippen molar-refractivity contribution in [2.75, 3.05) is 43.2 Å². The Labute approximate surface area is 399 Å². The minimum atomic E-state index is -4.48. The molecule has 0 radical (unpaired) electrons. The largest absolute Gasteiger partial charge is 0.489 e. The van der Waals surface area contributed by atoms with Gasteiger partial charge in [-0.25, -0.2) is 0 Å². The van der Waals surface area contributed by atoms with E-state index in [0.717, 1.165) is 0 Å². The summed E-state index contributed by atoms with van der Waals surface area (Å²) in [6.07, 6.45) is -9.36. The van der Waals surface area contributed by atoms with Crippen LogP contribution in [0.4, 0.5) is 37.7 Å². The molecule has 4 aromatic carbocycles. The monoisotopic (exact) mass is 996 g/mol. The predicted octanol–water partition coefficient (Wildman–Crippen LogP) is 11.3. The summed E-state index contributed by atoms with van der Waals surface area (Å²) in [6, 6.07) is 29.5. The fourth-order valence-electron chi connectivity index (χ4n) is 7.31. The van der Waals surface area contributed by atoms with E-state index in [0.29, 0.717) is 91.0 Å². The van der Waals surface area contributed by atoms with Crippen LogP contribution in [-0.4, -0.2) is 62.3 Å². The molecule has 0 aliphatic carbocycles. The number of carboxylic acid groups (broad SMARTS) is 1. The molecule has 0 saturated carbocycles. The Hall–Kier alpha value is -7.06. The number of hydrogen-bond acceptors (Lipinski definition) is 11. The van der Waals surface area contributed by atoms with E-state index in [2.05, 4.69) is 4.74 Å². The zero-order chi connectivity index (χ0) is 49.3. The molecule has 2 aliphatic heterocycles. The molecule has 2 aliphatic rings. The Kier molecular flexibility index (Phi) is 15.8. The van der Waals surface area contributed by atoms with Gasteiger partial charge in [0.25, 0.3) is 0 Å². The molecule has 0 atom stereocenters. The van der Waals surface area contributed by atoms with Crippen molar-refractivity contribution in [3.8, 4) is 45.3 Å². The minimum Gasteiger partial charge on any atom is -0.489 e. The van der Waals surface area contributed by atoms with Crippen LogP contribution in [0.5, 0.6) is 23.0 Å². The van der Waals surface area contributed by atoms with Gasteiger partial charge in [-0.05, 0) is 47.5 Å². The number of fused-ring (bicyclic) bond motifs is 2. The first-order valence-corrected chi connectivity index (χ1v) is 22.8. The van der Waals surface area contributed by atoms with Gasteiger partial charge in [0.05, 0.1) is 44.4 Å². The number of carbonyl (C=O) groups is 4. The molecule has 0 saturated heterocycles. The van der Waals surface area contributed by atoms with Crippen molar-refractivity contribution < 1.29 is 74.3 Å². The van der Waals surface area contributed by atoms with E-state index < -0.39 is 34.0 Å². The number of nitrogens with zero attached hydrogens (tertiary/aromatic N) is 2. The lowest BCUT2D eigenvalue weighted by molar-refractivity contribution is -0.142. The van der Waals surface area contributed by atoms with Gasteiger partial charge in [0, 0.05) is 45.9 Å². The summed E-state index contributed by atoms with van der Waals surface area (Å²) in [4.78, 5) is 49.5. The smallest absolute Gasteiger partial charge is 0.426 e. The zero-order valence-corrected chi connectivity index (χ0v) is 38.2. The van der Waals surface area contributed by atoms with Gasteiger partial charge in [-0.3, -0.25) is 19.2 Å². The van der Waals surface area contributed by atoms with Crippen molar-refractivity contribution in [3.63, 3.8) is 0 Å². The van der Waals surface area contributed by atoms with Crippen molar-refractivity contribution in [2.24, 2.45) is 0 Å². The molecule has 6 aromatic rings. The first-order chi connectivity index (χ1) is 33.0. The number of ether oxygens (including phenoxy) is 5. The summed E-state index contributed by atoms with van der Waals surface area (Å²) < 4.78 is 109. The molecule has 2 amide bonds. The average molecular weight is 997 g/mol. The second kappa shape index (κ2) is 21.9. The number of methoxy groups -OCH3 is 1. The highest BCUT2D eigenvalue weighted by atomic mass is 32.1. The average Bonchev–Trinajstić information content (AvgIpc) is 4.00. The van der Waals surface area contributed by atoms with E-state index in [1.165, 1.54) is 29.0 Å². The van der Waals surface area contributed by atoms with Crippen LogP contribution in [0.15, 0.2) is 109 Å². The van der Waals surface area contributed by atoms with Crippen molar-refractivity contribution in [2.45, 2.75) is 51.2 Å². The third-order valence-electron chi connectivity index (χ3n) is 10.5. The van der Waals surface area contributed by atoms with Crippen molar-refractivity contribution >= 4 is 57.8 Å². The van der Waals surface area contributed by atoms with E-state index in [4.69, 9.17) is 24.1 Å². The number of thiophene rings is 2. The number of halogens is 6. The van der Waals surface area contributed by atoms with Crippen molar-refractivity contribution in [1.82, 2.24) is 0 Å². The van der Waals surface area contributed by atoms with Crippen LogP contribution >= 0.6 is 22.7 Å². The lowest BCUT2D eigenvalue weighted by Gasteiger charge is -2.29. The highest BCUT2D eigenvalue weighted by Crippen LogP contribution is 2.45. The Morgan fingerprint density at radius 2 is 1.01 bits per heavy atom. The predicted molar refractivity (Wildman–Crippen MR) is 245 cm³/mol. The number of rotatable bonds is 14. The number of carboxylic acids is 1. The third kappa shape index (κ3) is 12.7. The molecule has 2 aromatic heterocycles. The standard InChI is InChI=1S/C25H22F3NO5S.C24H20F3NO5S/c1-32-23(31)10-9-22(30)29-11-12-33-21-13-17(7-8-20(21)29)34-15-18-14-19(16-5-3-2-4-6-16)24(35-18)25(26,27)28;25-24(26,27)23-18(15-4-2-1-3-5-15)13-17(34-23)14-33-16-6-7-19-20(12-16)32-11-10-28(19)21(29)8-9-22(30)31/h2-8,13-14H,9-12,15H2,1H3;1-7,12-13H,8-11,14H2,(H,30,31). The van der Waals surface area contributed by atoms with Gasteiger partial charge >= 0.3 is 24.3 Å². The molecular formula is C49H42F6N2O10S2. The number of carbonyl (C=O) groups excluding carboxylic acids is 3. The number of anilines is 2. The van der Waals surface area contributed by atoms with Gasteiger partial charge in [0.1, 0.15) is 59.2 Å². The third-order valence-corrected chi connectivity index (χ3v) is 12.8. The van der Waals surface area contributed by atoms with Gasteiger partial charge in [-0.2, -0.15) is 26.3 Å². The van der Waals surface area contributed by atoms with Gasteiger partial charge in [-0.15, -0.1) is 22.7 Å². The number of aliphatic carboxylic acids is 1. The Morgan fingerprint density at radius 1 is 0.594 bits per heavy atom. The van der Waals surface area contributed by atoms with Crippen LogP contribution in [0, 0.1) is 0 Å². The van der Waals surface area contributed by atoms with Crippen LogP contribution in [0.1, 0.15) is 45.2 Å². The number of hydrogen-bond donors (Lipinski definition) is 1. The summed E-state index contributed by atoms with van der Waals surface area (Å²) in [5, 5.41) is 8.80. The van der Waals surface area contributed by atoms with Crippen LogP contribution < -0.4 is 28.7 Å². The lowest BCUT2D eigenvalue weighted by atomic mass is 10.1. The minimum absolute atomic E-state index is 0.00797. The number of benzene rings is 4. The molecule has 0 unspecified atom stereocenters. The summed E-state index contributed by atoms with van der Waals surface area (Å²) in [5.74, 6) is -0.492. The summed E-state index contributed by atoms with van der Waals surface area (Å²) in [5.41, 5.74) is 2.24. The molecule has 4 heterocycles. The van der Waals surface area contributed by atoms with E-state index in [1.807, 2.05) is 0 Å². The maximum atomic E-state index is 13.6. The summed E-state index contributed by atoms with van der Waals surface area (Å²) >= 11 is 1.29. The second-order valence-electron chi connectivity index (χ2n) is 15.2. The van der Waals surface area contributed by atoms with Crippen LogP contribution in [0.2, 0.25) is 0 Å². The van der Waals surface area contributed by atoms with E-state index in [1.54, 1.807) is 97.1 Å². The molecule has 69 heavy (non-hydrogen) atoms. The van der Waals surface area contributed by atoms with Gasteiger partial charge in [0.15, 0.2) is 0 Å². The Morgan fingerprint density at radius 3 is 1.41 bits per heavy atom. The molecule has 12 nitrogen and oxygen atoms in total. The first kappa shape index (κ1) is 49.8. The second-order valence-corrected chi connectivity index (χ2v) is 17.5. The van der Waals surface area contributed by atoms with E-state index >= 15 is 0 Å². The maximum absolute atomic E-state index is 13.6. The summed E-state index contributed by atoms with van der Waals surface area (Å²) in [6.45, 7) is 1.01. The molecule has 8 rings (SSSR count). The molecule has 362 valence electrons. The molecule has 0 spiro atoms. The number of alkyl halides is 6. The van der Waals surface area contributed by atoms with Crippen molar-refractivity contribution in [1.29, 1.82) is 0 Å². The highest BCUT2D eigenvalue weighted by Gasteiger charge is 2.38. The van der Waals surface area contributed by atoms with E-state index in [9.17, 15) is 45.5 Å².